The lowest BCUT2D eigenvalue weighted by molar-refractivity contribution is -0.114. The van der Waals surface area contributed by atoms with Crippen LogP contribution in [0.2, 0.25) is 0 Å². The van der Waals surface area contributed by atoms with Crippen molar-refractivity contribution >= 4 is 34.7 Å². The van der Waals surface area contributed by atoms with Crippen LogP contribution in [0.5, 0.6) is 0 Å². The van der Waals surface area contributed by atoms with Gasteiger partial charge in [0.1, 0.15) is 23.8 Å². The van der Waals surface area contributed by atoms with Crippen LogP contribution in [0.4, 0.5) is 21.7 Å². The molecule has 1 amide bonds. The Kier molecular flexibility index (Phi) is 7.60. The first kappa shape index (κ1) is 24.0. The first-order valence-electron chi connectivity index (χ1n) is 10.3. The van der Waals surface area contributed by atoms with E-state index in [1.165, 1.54) is 24.5 Å². The van der Waals surface area contributed by atoms with E-state index in [1.54, 1.807) is 17.0 Å². The summed E-state index contributed by atoms with van der Waals surface area (Å²) in [4.78, 5) is 33.7. The number of nitrogens with zero attached hydrogens (tertiary/aromatic N) is 3. The van der Waals surface area contributed by atoms with Crippen LogP contribution in [-0.2, 0) is 4.79 Å². The maximum Gasteiger partial charge on any atom is 0.250 e. The van der Waals surface area contributed by atoms with Crippen LogP contribution < -0.4 is 16.0 Å². The standard InChI is InChI=1S/C25H23FN6O2/c1-3-20(33)18-11-10-16(14-19(18)26)23(27)22-24(28)30-15-31-25(22)29-12-13-32(21(34)4-2)17-8-6-5-7-9-17/h3-11,14-15,27H,1-2,12-13H2,(H3,28,29,30,31). The minimum absolute atomic E-state index is 0.0243. The van der Waals surface area contributed by atoms with E-state index in [9.17, 15) is 14.0 Å². The van der Waals surface area contributed by atoms with Gasteiger partial charge in [-0.25, -0.2) is 14.4 Å². The van der Waals surface area contributed by atoms with Crippen molar-refractivity contribution in [3.05, 3.63) is 103 Å². The molecule has 0 aliphatic heterocycles. The predicted molar refractivity (Wildman–Crippen MR) is 131 cm³/mol. The third-order valence-corrected chi connectivity index (χ3v) is 4.97. The molecule has 172 valence electrons. The zero-order chi connectivity index (χ0) is 24.7. The smallest absolute Gasteiger partial charge is 0.250 e. The van der Waals surface area contributed by atoms with Crippen LogP contribution >= 0.6 is 0 Å². The van der Waals surface area contributed by atoms with Gasteiger partial charge >= 0.3 is 0 Å². The van der Waals surface area contributed by atoms with E-state index in [0.717, 1.165) is 12.1 Å². The van der Waals surface area contributed by atoms with Gasteiger partial charge in [-0.15, -0.1) is 0 Å². The third-order valence-electron chi connectivity index (χ3n) is 4.97. The number of rotatable bonds is 10. The summed E-state index contributed by atoms with van der Waals surface area (Å²) in [7, 11) is 0. The monoisotopic (exact) mass is 458 g/mol. The molecule has 3 rings (SSSR count). The summed E-state index contributed by atoms with van der Waals surface area (Å²) in [5, 5.41) is 11.7. The van der Waals surface area contributed by atoms with Crippen molar-refractivity contribution in [1.29, 1.82) is 5.41 Å². The van der Waals surface area contributed by atoms with E-state index < -0.39 is 11.6 Å². The van der Waals surface area contributed by atoms with Gasteiger partial charge in [0, 0.05) is 24.3 Å². The highest BCUT2D eigenvalue weighted by molar-refractivity contribution is 6.16. The fraction of sp³-hybridized carbons (Fsp3) is 0.0800. The number of nitrogens with two attached hydrogens (primary N) is 1. The number of nitrogen functional groups attached to an aromatic ring is 1. The molecule has 9 heteroatoms. The van der Waals surface area contributed by atoms with Crippen molar-refractivity contribution < 1.29 is 14.0 Å². The van der Waals surface area contributed by atoms with E-state index in [2.05, 4.69) is 28.4 Å². The van der Waals surface area contributed by atoms with Crippen molar-refractivity contribution in [3.8, 4) is 0 Å². The van der Waals surface area contributed by atoms with Gasteiger partial charge in [0.05, 0.1) is 16.8 Å². The molecular weight excluding hydrogens is 435 g/mol. The largest absolute Gasteiger partial charge is 0.383 e. The van der Waals surface area contributed by atoms with Crippen LogP contribution in [0.15, 0.2) is 80.2 Å². The topological polar surface area (TPSA) is 125 Å². The molecule has 1 heterocycles. The number of aromatic nitrogens is 2. The molecule has 0 saturated carbocycles. The lowest BCUT2D eigenvalue weighted by atomic mass is 10.00. The molecule has 4 N–H and O–H groups in total. The minimum Gasteiger partial charge on any atom is -0.383 e. The number of hydrogen-bond donors (Lipinski definition) is 3. The number of anilines is 3. The number of amides is 1. The van der Waals surface area contributed by atoms with Gasteiger partial charge in [0.25, 0.3) is 0 Å². The Hall–Kier alpha value is -4.66. The highest BCUT2D eigenvalue weighted by Crippen LogP contribution is 2.23. The highest BCUT2D eigenvalue weighted by atomic mass is 19.1. The van der Waals surface area contributed by atoms with E-state index in [1.807, 2.05) is 18.2 Å². The van der Waals surface area contributed by atoms with Gasteiger partial charge in [-0.2, -0.15) is 0 Å². The van der Waals surface area contributed by atoms with Crippen molar-refractivity contribution in [2.45, 2.75) is 0 Å². The average Bonchev–Trinajstić information content (AvgIpc) is 2.86. The normalized spacial score (nSPS) is 10.3. The summed E-state index contributed by atoms with van der Waals surface area (Å²) in [6.45, 7) is 7.45. The second-order valence-electron chi connectivity index (χ2n) is 7.08. The highest BCUT2D eigenvalue weighted by Gasteiger charge is 2.19. The lowest BCUT2D eigenvalue weighted by Crippen LogP contribution is -2.34. The predicted octanol–water partition coefficient (Wildman–Crippen LogP) is 3.61. The Balaban J connectivity index is 1.83. The van der Waals surface area contributed by atoms with E-state index in [0.29, 0.717) is 5.69 Å². The molecule has 34 heavy (non-hydrogen) atoms. The third kappa shape index (κ3) is 5.21. The summed E-state index contributed by atoms with van der Waals surface area (Å²) in [5.41, 5.74) is 6.81. The van der Waals surface area contributed by atoms with Crippen molar-refractivity contribution in [2.24, 2.45) is 0 Å². The van der Waals surface area contributed by atoms with E-state index in [-0.39, 0.29) is 53.0 Å². The van der Waals surface area contributed by atoms with Crippen LogP contribution in [0.1, 0.15) is 21.5 Å². The molecule has 0 bridgehead atoms. The quantitative estimate of drug-likeness (QED) is 0.242. The molecule has 0 spiro atoms. The number of benzene rings is 2. The van der Waals surface area contributed by atoms with Gasteiger partial charge in [-0.1, -0.05) is 37.4 Å². The first-order valence-corrected chi connectivity index (χ1v) is 10.3. The Morgan fingerprint density at radius 2 is 1.85 bits per heavy atom. The maximum atomic E-state index is 14.4. The van der Waals surface area contributed by atoms with Gasteiger partial charge in [-0.3, -0.25) is 15.0 Å². The number of carbonyl (C=O) groups is 2. The number of hydrogen-bond acceptors (Lipinski definition) is 7. The van der Waals surface area contributed by atoms with Gasteiger partial charge in [0.15, 0.2) is 5.78 Å². The van der Waals surface area contributed by atoms with Gasteiger partial charge in [-0.05, 0) is 36.4 Å². The molecule has 0 unspecified atom stereocenters. The molecule has 2 aromatic carbocycles. The number of carbonyl (C=O) groups excluding carboxylic acids is 2. The molecule has 0 fully saturated rings. The molecule has 1 aromatic heterocycles. The van der Waals surface area contributed by atoms with Crippen LogP contribution in [0.3, 0.4) is 0 Å². The number of halogens is 1. The minimum atomic E-state index is -0.779. The Bertz CT molecular complexity index is 1260. The Labute approximate surface area is 196 Å². The maximum absolute atomic E-state index is 14.4. The first-order chi connectivity index (χ1) is 16.4. The number of nitrogens with one attached hydrogen (secondary N) is 2. The fourth-order valence-electron chi connectivity index (χ4n) is 3.28. The van der Waals surface area contributed by atoms with Crippen LogP contribution in [0.25, 0.3) is 0 Å². The SMILES string of the molecule is C=CC(=O)c1ccc(C(=N)c2c(N)ncnc2NCCN(C(=O)C=C)c2ccccc2)cc1F. The van der Waals surface area contributed by atoms with E-state index >= 15 is 0 Å². The van der Waals surface area contributed by atoms with Gasteiger partial charge < -0.3 is 16.0 Å². The fourth-order valence-corrected chi connectivity index (χ4v) is 3.28. The molecule has 0 saturated heterocycles. The summed E-state index contributed by atoms with van der Waals surface area (Å²) in [5.74, 6) is -1.33. The summed E-state index contributed by atoms with van der Waals surface area (Å²) >= 11 is 0. The van der Waals surface area contributed by atoms with Crippen molar-refractivity contribution in [3.63, 3.8) is 0 Å². The number of ketones is 1. The summed E-state index contributed by atoms with van der Waals surface area (Å²) in [6, 6.07) is 12.9. The molecule has 0 aliphatic rings. The Morgan fingerprint density at radius 3 is 2.50 bits per heavy atom. The zero-order valence-corrected chi connectivity index (χ0v) is 18.3. The molecule has 8 nitrogen and oxygen atoms in total. The van der Waals surface area contributed by atoms with Crippen LogP contribution in [0, 0.1) is 11.2 Å². The second-order valence-corrected chi connectivity index (χ2v) is 7.08. The average molecular weight is 458 g/mol. The Morgan fingerprint density at radius 1 is 1.12 bits per heavy atom. The number of allylic oxidation sites excluding steroid dienone is 1. The van der Waals surface area contributed by atoms with Gasteiger partial charge in [0.2, 0.25) is 5.91 Å². The molecule has 0 radical (unpaired) electrons. The van der Waals surface area contributed by atoms with E-state index in [4.69, 9.17) is 11.1 Å². The van der Waals surface area contributed by atoms with Crippen molar-refractivity contribution in [2.75, 3.05) is 29.0 Å². The molecule has 0 aliphatic carbocycles. The summed E-state index contributed by atoms with van der Waals surface area (Å²) in [6.07, 6.45) is 3.49. The van der Waals surface area contributed by atoms with Crippen LogP contribution in [-0.4, -0.2) is 40.5 Å². The lowest BCUT2D eigenvalue weighted by Gasteiger charge is -2.22. The van der Waals surface area contributed by atoms with Crippen molar-refractivity contribution in [1.82, 2.24) is 9.97 Å². The second kappa shape index (κ2) is 10.8. The molecule has 0 atom stereocenters. The molecule has 3 aromatic rings. The molecular formula is C25H23FN6O2. The number of para-hydroxylation sites is 1. The summed E-state index contributed by atoms with van der Waals surface area (Å²) < 4.78 is 14.4. The zero-order valence-electron chi connectivity index (χ0n) is 18.3.